The summed E-state index contributed by atoms with van der Waals surface area (Å²) in [6.07, 6.45) is 2.46. The van der Waals surface area contributed by atoms with E-state index in [1.807, 2.05) is 6.92 Å². The standard InChI is InChI=1S/C13H18FNO/c1-3-5-6-13(16)15(4-2)12-9-7-11(14)8-10-12/h7-10H,3-6H2,1-2H3. The van der Waals surface area contributed by atoms with Crippen molar-refractivity contribution in [3.05, 3.63) is 30.1 Å². The lowest BCUT2D eigenvalue weighted by atomic mass is 10.2. The Morgan fingerprint density at radius 1 is 1.25 bits per heavy atom. The average Bonchev–Trinajstić information content (AvgIpc) is 2.30. The van der Waals surface area contributed by atoms with Gasteiger partial charge in [0.15, 0.2) is 0 Å². The molecule has 1 amide bonds. The highest BCUT2D eigenvalue weighted by atomic mass is 19.1. The number of carbonyl (C=O) groups is 1. The van der Waals surface area contributed by atoms with Gasteiger partial charge in [0, 0.05) is 18.7 Å². The number of anilines is 1. The van der Waals surface area contributed by atoms with Gasteiger partial charge in [0.25, 0.3) is 0 Å². The molecule has 0 bridgehead atoms. The van der Waals surface area contributed by atoms with Crippen molar-refractivity contribution in [2.75, 3.05) is 11.4 Å². The first kappa shape index (κ1) is 12.7. The number of benzene rings is 1. The molecule has 0 radical (unpaired) electrons. The fraction of sp³-hybridized carbons (Fsp3) is 0.462. The number of halogens is 1. The Hall–Kier alpha value is -1.38. The molecule has 0 atom stereocenters. The molecule has 1 aromatic rings. The van der Waals surface area contributed by atoms with E-state index in [1.54, 1.807) is 17.0 Å². The quantitative estimate of drug-likeness (QED) is 0.749. The summed E-state index contributed by atoms with van der Waals surface area (Å²) in [6, 6.07) is 6.04. The van der Waals surface area contributed by atoms with Gasteiger partial charge in [-0.1, -0.05) is 13.3 Å². The summed E-state index contributed by atoms with van der Waals surface area (Å²) >= 11 is 0. The van der Waals surface area contributed by atoms with Gasteiger partial charge in [-0.3, -0.25) is 4.79 Å². The van der Waals surface area contributed by atoms with Crippen molar-refractivity contribution >= 4 is 11.6 Å². The zero-order valence-corrected chi connectivity index (χ0v) is 9.87. The lowest BCUT2D eigenvalue weighted by Gasteiger charge is -2.20. The van der Waals surface area contributed by atoms with Crippen molar-refractivity contribution in [1.82, 2.24) is 0 Å². The highest BCUT2D eigenvalue weighted by molar-refractivity contribution is 5.93. The fourth-order valence-electron chi connectivity index (χ4n) is 1.59. The molecule has 1 rings (SSSR count). The second kappa shape index (κ2) is 6.26. The monoisotopic (exact) mass is 223 g/mol. The summed E-state index contributed by atoms with van der Waals surface area (Å²) in [5.41, 5.74) is 0.769. The van der Waals surface area contributed by atoms with Crippen molar-refractivity contribution in [2.24, 2.45) is 0 Å². The molecule has 0 saturated heterocycles. The molecule has 2 nitrogen and oxygen atoms in total. The largest absolute Gasteiger partial charge is 0.313 e. The van der Waals surface area contributed by atoms with Crippen LogP contribution in [-0.4, -0.2) is 12.5 Å². The van der Waals surface area contributed by atoms with E-state index in [4.69, 9.17) is 0 Å². The maximum absolute atomic E-state index is 12.8. The summed E-state index contributed by atoms with van der Waals surface area (Å²) in [7, 11) is 0. The molecule has 0 spiro atoms. The zero-order chi connectivity index (χ0) is 12.0. The number of amides is 1. The minimum Gasteiger partial charge on any atom is -0.313 e. The number of nitrogens with zero attached hydrogens (tertiary/aromatic N) is 1. The molecule has 88 valence electrons. The van der Waals surface area contributed by atoms with Crippen molar-refractivity contribution in [2.45, 2.75) is 33.1 Å². The number of hydrogen-bond acceptors (Lipinski definition) is 1. The maximum Gasteiger partial charge on any atom is 0.226 e. The van der Waals surface area contributed by atoms with E-state index in [0.717, 1.165) is 18.5 Å². The molecule has 0 unspecified atom stereocenters. The third-order valence-corrected chi connectivity index (χ3v) is 2.50. The number of hydrogen-bond donors (Lipinski definition) is 0. The first-order chi connectivity index (χ1) is 7.69. The van der Waals surface area contributed by atoms with E-state index in [2.05, 4.69) is 6.92 Å². The zero-order valence-electron chi connectivity index (χ0n) is 9.87. The Morgan fingerprint density at radius 2 is 1.88 bits per heavy atom. The Morgan fingerprint density at radius 3 is 2.38 bits per heavy atom. The Kier molecular flexibility index (Phi) is 4.96. The van der Waals surface area contributed by atoms with Crippen LogP contribution in [0.25, 0.3) is 0 Å². The molecular weight excluding hydrogens is 205 g/mol. The lowest BCUT2D eigenvalue weighted by Crippen LogP contribution is -2.30. The molecule has 0 N–H and O–H groups in total. The lowest BCUT2D eigenvalue weighted by molar-refractivity contribution is -0.118. The van der Waals surface area contributed by atoms with Crippen LogP contribution < -0.4 is 4.90 Å². The summed E-state index contributed by atoms with van der Waals surface area (Å²) in [6.45, 7) is 4.60. The van der Waals surface area contributed by atoms with Gasteiger partial charge in [-0.2, -0.15) is 0 Å². The summed E-state index contributed by atoms with van der Waals surface area (Å²) in [4.78, 5) is 13.5. The van der Waals surface area contributed by atoms with E-state index in [0.29, 0.717) is 13.0 Å². The molecule has 0 aromatic heterocycles. The summed E-state index contributed by atoms with van der Waals surface area (Å²) in [5.74, 6) is -0.170. The van der Waals surface area contributed by atoms with Gasteiger partial charge in [-0.05, 0) is 37.6 Å². The van der Waals surface area contributed by atoms with Crippen LogP contribution in [0.15, 0.2) is 24.3 Å². The molecule has 16 heavy (non-hydrogen) atoms. The Labute approximate surface area is 96.1 Å². The number of carbonyl (C=O) groups excluding carboxylic acids is 1. The van der Waals surface area contributed by atoms with Crippen LogP contribution in [-0.2, 0) is 4.79 Å². The minimum atomic E-state index is -0.277. The smallest absolute Gasteiger partial charge is 0.226 e. The highest BCUT2D eigenvalue weighted by Gasteiger charge is 2.12. The van der Waals surface area contributed by atoms with E-state index >= 15 is 0 Å². The van der Waals surface area contributed by atoms with Crippen LogP contribution in [0.2, 0.25) is 0 Å². The number of unbranched alkanes of at least 4 members (excludes halogenated alkanes) is 1. The van der Waals surface area contributed by atoms with E-state index < -0.39 is 0 Å². The second-order valence-corrected chi connectivity index (χ2v) is 3.72. The molecular formula is C13H18FNO. The summed E-state index contributed by atoms with van der Waals surface area (Å²) in [5, 5.41) is 0. The van der Waals surface area contributed by atoms with E-state index in [9.17, 15) is 9.18 Å². The van der Waals surface area contributed by atoms with Gasteiger partial charge in [-0.15, -0.1) is 0 Å². The normalized spacial score (nSPS) is 10.2. The van der Waals surface area contributed by atoms with Gasteiger partial charge in [0.2, 0.25) is 5.91 Å². The Balaban J connectivity index is 2.73. The Bertz CT molecular complexity index is 334. The van der Waals surface area contributed by atoms with Gasteiger partial charge >= 0.3 is 0 Å². The SMILES string of the molecule is CCCCC(=O)N(CC)c1ccc(F)cc1. The third-order valence-electron chi connectivity index (χ3n) is 2.50. The summed E-state index contributed by atoms with van der Waals surface area (Å²) < 4.78 is 12.8. The van der Waals surface area contributed by atoms with Crippen molar-refractivity contribution in [3.8, 4) is 0 Å². The van der Waals surface area contributed by atoms with Gasteiger partial charge in [0.1, 0.15) is 5.82 Å². The predicted octanol–water partition coefficient (Wildman–Crippen LogP) is 3.37. The van der Waals surface area contributed by atoms with Crippen LogP contribution in [0, 0.1) is 5.82 Å². The van der Waals surface area contributed by atoms with Crippen LogP contribution in [0.4, 0.5) is 10.1 Å². The molecule has 3 heteroatoms. The molecule has 0 aliphatic rings. The molecule has 0 saturated carbocycles. The third kappa shape index (κ3) is 3.33. The maximum atomic E-state index is 12.8. The highest BCUT2D eigenvalue weighted by Crippen LogP contribution is 2.16. The average molecular weight is 223 g/mol. The minimum absolute atomic E-state index is 0.107. The van der Waals surface area contributed by atoms with Gasteiger partial charge in [0.05, 0.1) is 0 Å². The molecule has 0 aliphatic heterocycles. The molecule has 0 aliphatic carbocycles. The van der Waals surface area contributed by atoms with Crippen molar-refractivity contribution in [1.29, 1.82) is 0 Å². The van der Waals surface area contributed by atoms with Gasteiger partial charge in [-0.25, -0.2) is 4.39 Å². The van der Waals surface area contributed by atoms with Gasteiger partial charge < -0.3 is 4.90 Å². The first-order valence-electron chi connectivity index (χ1n) is 5.75. The fourth-order valence-corrected chi connectivity index (χ4v) is 1.59. The molecule has 0 fully saturated rings. The van der Waals surface area contributed by atoms with Crippen molar-refractivity contribution < 1.29 is 9.18 Å². The van der Waals surface area contributed by atoms with Crippen LogP contribution in [0.5, 0.6) is 0 Å². The van der Waals surface area contributed by atoms with Crippen LogP contribution in [0.3, 0.4) is 0 Å². The molecule has 0 heterocycles. The number of rotatable bonds is 5. The topological polar surface area (TPSA) is 20.3 Å². The van der Waals surface area contributed by atoms with Crippen LogP contribution >= 0.6 is 0 Å². The van der Waals surface area contributed by atoms with Crippen molar-refractivity contribution in [3.63, 3.8) is 0 Å². The first-order valence-corrected chi connectivity index (χ1v) is 5.75. The van der Waals surface area contributed by atoms with E-state index in [-0.39, 0.29) is 11.7 Å². The van der Waals surface area contributed by atoms with E-state index in [1.165, 1.54) is 12.1 Å². The predicted molar refractivity (Wildman–Crippen MR) is 64.0 cm³/mol. The molecule has 1 aromatic carbocycles. The second-order valence-electron chi connectivity index (χ2n) is 3.72. The van der Waals surface area contributed by atoms with Crippen LogP contribution in [0.1, 0.15) is 33.1 Å².